The maximum absolute atomic E-state index is 13.0. The molecule has 0 aliphatic carbocycles. The van der Waals surface area contributed by atoms with Gasteiger partial charge in [-0.05, 0) is 63.5 Å². The van der Waals surface area contributed by atoms with E-state index in [4.69, 9.17) is 0 Å². The lowest BCUT2D eigenvalue weighted by atomic mass is 9.66. The van der Waals surface area contributed by atoms with Gasteiger partial charge in [-0.2, -0.15) is 0 Å². The van der Waals surface area contributed by atoms with Gasteiger partial charge in [0.25, 0.3) is 0 Å². The highest BCUT2D eigenvalue weighted by atomic mass is 16.1. The third-order valence-electron chi connectivity index (χ3n) is 6.58. The van der Waals surface area contributed by atoms with E-state index in [1.807, 2.05) is 6.92 Å². The lowest BCUT2D eigenvalue weighted by molar-refractivity contribution is -0.128. The Hall–Kier alpha value is -0.450. The number of rotatable bonds is 2. The summed E-state index contributed by atoms with van der Waals surface area (Å²) in [6.07, 6.45) is 2.18. The number of fused-ring (bicyclic) bond motifs is 3. The van der Waals surface area contributed by atoms with Gasteiger partial charge in [-0.1, -0.05) is 27.7 Å². The van der Waals surface area contributed by atoms with Crippen molar-refractivity contribution in [1.29, 1.82) is 0 Å². The van der Waals surface area contributed by atoms with Crippen LogP contribution in [0.2, 0.25) is 0 Å². The van der Waals surface area contributed by atoms with Gasteiger partial charge < -0.3 is 5.32 Å². The van der Waals surface area contributed by atoms with Crippen molar-refractivity contribution < 1.29 is 4.79 Å². The van der Waals surface area contributed by atoms with Gasteiger partial charge in [0.2, 0.25) is 0 Å². The fourth-order valence-electron chi connectivity index (χ4n) is 5.79. The number of hydrogen-bond donors (Lipinski definition) is 2. The third kappa shape index (κ3) is 2.85. The minimum Gasteiger partial charge on any atom is -0.316 e. The van der Waals surface area contributed by atoms with Crippen molar-refractivity contribution in [3.8, 4) is 0 Å². The fourth-order valence-corrected chi connectivity index (χ4v) is 5.79. The number of carbonyl (C=O) groups excluding carboxylic acids is 1. The first-order chi connectivity index (χ1) is 11.1. The third-order valence-corrected chi connectivity index (χ3v) is 6.58. The van der Waals surface area contributed by atoms with E-state index in [0.29, 0.717) is 42.2 Å². The predicted molar refractivity (Wildman–Crippen MR) is 98.8 cm³/mol. The maximum atomic E-state index is 13.0. The summed E-state index contributed by atoms with van der Waals surface area (Å²) >= 11 is 0. The highest BCUT2D eigenvalue weighted by Crippen LogP contribution is 2.54. The monoisotopic (exact) mass is 335 g/mol. The van der Waals surface area contributed by atoms with Crippen LogP contribution in [0.1, 0.15) is 61.3 Å². The molecular weight excluding hydrogens is 298 g/mol. The van der Waals surface area contributed by atoms with Crippen molar-refractivity contribution in [2.24, 2.45) is 23.2 Å². The van der Waals surface area contributed by atoms with Gasteiger partial charge in [-0.25, -0.2) is 0 Å². The van der Waals surface area contributed by atoms with Crippen LogP contribution in [0.15, 0.2) is 0 Å². The van der Waals surface area contributed by atoms with Gasteiger partial charge in [0.1, 0.15) is 5.78 Å². The van der Waals surface area contributed by atoms with Crippen LogP contribution in [0.25, 0.3) is 0 Å². The Labute approximate surface area is 148 Å². The van der Waals surface area contributed by atoms with Gasteiger partial charge in [-0.3, -0.25) is 15.0 Å². The zero-order valence-corrected chi connectivity index (χ0v) is 16.6. The van der Waals surface area contributed by atoms with Crippen LogP contribution in [0, 0.1) is 23.2 Å². The van der Waals surface area contributed by atoms with Crippen molar-refractivity contribution in [3.63, 3.8) is 0 Å². The summed E-state index contributed by atoms with van der Waals surface area (Å²) in [5.74, 6) is 2.04. The van der Waals surface area contributed by atoms with E-state index >= 15 is 0 Å². The molecule has 3 heterocycles. The predicted octanol–water partition coefficient (Wildman–Crippen LogP) is 2.63. The molecule has 6 unspecified atom stereocenters. The normalized spacial score (nSPS) is 40.5. The Bertz CT molecular complexity index is 490. The van der Waals surface area contributed by atoms with E-state index in [9.17, 15) is 4.79 Å². The summed E-state index contributed by atoms with van der Waals surface area (Å²) in [6.45, 7) is 18.0. The second-order valence-electron chi connectivity index (χ2n) is 10.2. The van der Waals surface area contributed by atoms with E-state index in [-0.39, 0.29) is 17.0 Å². The standard InChI is InChI=1S/C20H37N3O/c1-8-14(24)17-16(19(2,3)4)15-12-11-21-10-9-13(12)22-18(15)23(17)20(5,6)7/h12-13,15-18,21-22H,8-11H2,1-7H3. The van der Waals surface area contributed by atoms with E-state index < -0.39 is 0 Å². The molecule has 3 aliphatic rings. The average Bonchev–Trinajstić information content (AvgIpc) is 2.98. The lowest BCUT2D eigenvalue weighted by Crippen LogP contribution is -2.58. The van der Waals surface area contributed by atoms with Gasteiger partial charge in [-0.15, -0.1) is 0 Å². The van der Waals surface area contributed by atoms with Crippen LogP contribution in [0.4, 0.5) is 0 Å². The molecule has 138 valence electrons. The Balaban J connectivity index is 2.07. The summed E-state index contributed by atoms with van der Waals surface area (Å²) in [5, 5.41) is 7.57. The molecule has 0 bridgehead atoms. The summed E-state index contributed by atoms with van der Waals surface area (Å²) in [7, 11) is 0. The lowest BCUT2D eigenvalue weighted by Gasteiger charge is -2.44. The number of hydrogen-bond acceptors (Lipinski definition) is 4. The number of likely N-dealkylation sites (tertiary alicyclic amines) is 1. The molecule has 0 aromatic rings. The van der Waals surface area contributed by atoms with Crippen LogP contribution in [0.3, 0.4) is 0 Å². The molecule has 3 saturated heterocycles. The summed E-state index contributed by atoms with van der Waals surface area (Å²) < 4.78 is 0. The van der Waals surface area contributed by atoms with Crippen molar-refractivity contribution in [2.75, 3.05) is 13.1 Å². The molecule has 2 N–H and O–H groups in total. The van der Waals surface area contributed by atoms with Crippen molar-refractivity contribution in [1.82, 2.24) is 15.5 Å². The molecule has 0 amide bonds. The highest BCUT2D eigenvalue weighted by Gasteiger charge is 2.63. The zero-order chi connectivity index (χ0) is 17.9. The number of ketones is 1. The van der Waals surface area contributed by atoms with Crippen LogP contribution in [0.5, 0.6) is 0 Å². The Morgan fingerprint density at radius 2 is 1.83 bits per heavy atom. The number of Topliss-reactive ketones (excluding diaryl/α,β-unsaturated/α-hetero) is 1. The fraction of sp³-hybridized carbons (Fsp3) is 0.950. The SMILES string of the molecule is CCC(=O)C1C(C(C)(C)C)C2C3CNCCC3NC2N1C(C)(C)C. The molecule has 24 heavy (non-hydrogen) atoms. The van der Waals surface area contributed by atoms with Gasteiger partial charge in [0.15, 0.2) is 0 Å². The van der Waals surface area contributed by atoms with E-state index in [1.54, 1.807) is 0 Å². The van der Waals surface area contributed by atoms with Crippen LogP contribution in [-0.2, 0) is 4.79 Å². The molecule has 3 fully saturated rings. The van der Waals surface area contributed by atoms with Gasteiger partial charge in [0.05, 0.1) is 12.2 Å². The molecule has 3 aliphatic heterocycles. The first kappa shape index (κ1) is 18.3. The van der Waals surface area contributed by atoms with Crippen LogP contribution in [-0.4, -0.2) is 47.6 Å². The second-order valence-corrected chi connectivity index (χ2v) is 10.2. The molecule has 3 rings (SSSR count). The minimum absolute atomic E-state index is 0.00760. The number of carbonyl (C=O) groups is 1. The summed E-state index contributed by atoms with van der Waals surface area (Å²) in [6, 6.07) is 0.647. The molecule has 0 aromatic heterocycles. The summed E-state index contributed by atoms with van der Waals surface area (Å²) in [5.41, 5.74) is 0.124. The van der Waals surface area contributed by atoms with Crippen molar-refractivity contribution in [2.45, 2.75) is 85.1 Å². The second kappa shape index (κ2) is 6.07. The first-order valence-electron chi connectivity index (χ1n) is 9.85. The molecule has 4 heteroatoms. The van der Waals surface area contributed by atoms with E-state index in [1.165, 1.54) is 6.42 Å². The Kier molecular flexibility index (Phi) is 4.64. The topological polar surface area (TPSA) is 44.4 Å². The van der Waals surface area contributed by atoms with Gasteiger partial charge in [0, 0.05) is 18.0 Å². The van der Waals surface area contributed by atoms with E-state index in [0.717, 1.165) is 13.1 Å². The zero-order valence-electron chi connectivity index (χ0n) is 16.6. The van der Waals surface area contributed by atoms with Gasteiger partial charge >= 0.3 is 0 Å². The molecule has 0 saturated carbocycles. The molecule has 0 radical (unpaired) electrons. The van der Waals surface area contributed by atoms with Crippen molar-refractivity contribution >= 4 is 5.78 Å². The number of nitrogens with zero attached hydrogens (tertiary/aromatic N) is 1. The molecule has 0 aromatic carbocycles. The van der Waals surface area contributed by atoms with Crippen molar-refractivity contribution in [3.05, 3.63) is 0 Å². The van der Waals surface area contributed by atoms with E-state index in [2.05, 4.69) is 57.1 Å². The number of piperidine rings is 1. The molecule has 0 spiro atoms. The average molecular weight is 336 g/mol. The maximum Gasteiger partial charge on any atom is 0.150 e. The highest BCUT2D eigenvalue weighted by molar-refractivity contribution is 5.85. The molecular formula is C20H37N3O. The first-order valence-corrected chi connectivity index (χ1v) is 9.85. The van der Waals surface area contributed by atoms with Crippen LogP contribution >= 0.6 is 0 Å². The molecule has 6 atom stereocenters. The van der Waals surface area contributed by atoms with Crippen LogP contribution < -0.4 is 10.6 Å². The number of nitrogens with one attached hydrogen (secondary N) is 2. The summed E-state index contributed by atoms with van der Waals surface area (Å²) in [4.78, 5) is 15.6. The molecule has 4 nitrogen and oxygen atoms in total. The largest absolute Gasteiger partial charge is 0.316 e. The Morgan fingerprint density at radius 3 is 2.38 bits per heavy atom. The Morgan fingerprint density at radius 1 is 1.17 bits per heavy atom. The smallest absolute Gasteiger partial charge is 0.150 e. The quantitative estimate of drug-likeness (QED) is 0.814. The minimum atomic E-state index is -0.00760.